The first-order chi connectivity index (χ1) is 7.66. The molecule has 0 saturated heterocycles. The van der Waals surface area contributed by atoms with Gasteiger partial charge in [-0.05, 0) is 31.9 Å². The van der Waals surface area contributed by atoms with Gasteiger partial charge in [-0.25, -0.2) is 9.59 Å². The Bertz CT molecular complexity index is 677. The number of aryl methyl sites for hydroxylation is 1. The van der Waals surface area contributed by atoms with E-state index in [0.717, 1.165) is 18.4 Å². The lowest BCUT2D eigenvalue weighted by Gasteiger charge is -2.06. The Morgan fingerprint density at radius 2 is 2.06 bits per heavy atom. The predicted molar refractivity (Wildman–Crippen MR) is 59.8 cm³/mol. The Balaban J connectivity index is 2.49. The van der Waals surface area contributed by atoms with Gasteiger partial charge in [-0.15, -0.1) is 0 Å². The van der Waals surface area contributed by atoms with E-state index in [1.54, 1.807) is 10.6 Å². The van der Waals surface area contributed by atoms with Crippen LogP contribution in [0.5, 0.6) is 0 Å². The summed E-state index contributed by atoms with van der Waals surface area (Å²) in [5.41, 5.74) is 1.13. The van der Waals surface area contributed by atoms with Crippen LogP contribution in [0.3, 0.4) is 0 Å². The van der Waals surface area contributed by atoms with Gasteiger partial charge in [0.15, 0.2) is 0 Å². The second kappa shape index (κ2) is 3.07. The van der Waals surface area contributed by atoms with E-state index < -0.39 is 11.4 Å². The molecule has 0 amide bonds. The zero-order valence-corrected chi connectivity index (χ0v) is 8.90. The molecule has 1 aromatic carbocycles. The molecule has 1 aromatic heterocycles. The zero-order valence-electron chi connectivity index (χ0n) is 8.90. The van der Waals surface area contributed by atoms with Crippen LogP contribution < -0.4 is 11.4 Å². The SMILES string of the molecule is Cc1ccc2c(c1)c(=O)oc(=O)n2C1CC1. The first-order valence-corrected chi connectivity index (χ1v) is 5.33. The normalized spacial score (nSPS) is 15.6. The molecule has 4 nitrogen and oxygen atoms in total. The number of hydrogen-bond donors (Lipinski definition) is 0. The van der Waals surface area contributed by atoms with Gasteiger partial charge >= 0.3 is 11.4 Å². The van der Waals surface area contributed by atoms with E-state index in [4.69, 9.17) is 4.42 Å². The average Bonchev–Trinajstić information content (AvgIpc) is 3.03. The van der Waals surface area contributed by atoms with Crippen LogP contribution in [0.15, 0.2) is 32.2 Å². The molecule has 16 heavy (non-hydrogen) atoms. The first kappa shape index (κ1) is 9.39. The minimum absolute atomic E-state index is 0.210. The van der Waals surface area contributed by atoms with Crippen LogP contribution >= 0.6 is 0 Å². The van der Waals surface area contributed by atoms with Gasteiger partial charge in [0, 0.05) is 6.04 Å². The van der Waals surface area contributed by atoms with Gasteiger partial charge in [-0.2, -0.15) is 0 Å². The molecule has 0 aliphatic heterocycles. The van der Waals surface area contributed by atoms with Crippen LogP contribution in [0, 0.1) is 6.92 Å². The van der Waals surface area contributed by atoms with Crippen molar-refractivity contribution in [3.8, 4) is 0 Å². The molecule has 1 fully saturated rings. The summed E-state index contributed by atoms with van der Waals surface area (Å²) in [6.07, 6.45) is 1.97. The highest BCUT2D eigenvalue weighted by Crippen LogP contribution is 2.35. The first-order valence-electron chi connectivity index (χ1n) is 5.33. The molecular formula is C12H11NO3. The molecule has 1 heterocycles. The number of hydrogen-bond acceptors (Lipinski definition) is 3. The molecule has 82 valence electrons. The second-order valence-corrected chi connectivity index (χ2v) is 4.28. The van der Waals surface area contributed by atoms with Crippen molar-refractivity contribution < 1.29 is 4.42 Å². The van der Waals surface area contributed by atoms with E-state index in [1.165, 1.54) is 0 Å². The highest BCUT2D eigenvalue weighted by molar-refractivity contribution is 5.78. The van der Waals surface area contributed by atoms with E-state index in [1.807, 2.05) is 19.1 Å². The monoisotopic (exact) mass is 217 g/mol. The molecule has 0 spiro atoms. The van der Waals surface area contributed by atoms with Crippen molar-refractivity contribution in [3.63, 3.8) is 0 Å². The van der Waals surface area contributed by atoms with E-state index in [9.17, 15) is 9.59 Å². The van der Waals surface area contributed by atoms with Gasteiger partial charge in [0.1, 0.15) is 0 Å². The average molecular weight is 217 g/mol. The van der Waals surface area contributed by atoms with E-state index >= 15 is 0 Å². The third kappa shape index (κ3) is 1.30. The molecule has 1 aliphatic carbocycles. The number of benzene rings is 1. The molecule has 2 aromatic rings. The van der Waals surface area contributed by atoms with Crippen molar-refractivity contribution in [1.29, 1.82) is 0 Å². The molecule has 0 radical (unpaired) electrons. The molecule has 0 N–H and O–H groups in total. The molecule has 1 aliphatic rings. The topological polar surface area (TPSA) is 52.2 Å². The minimum Gasteiger partial charge on any atom is -0.372 e. The van der Waals surface area contributed by atoms with Gasteiger partial charge in [0.25, 0.3) is 0 Å². The van der Waals surface area contributed by atoms with Crippen LogP contribution in [-0.4, -0.2) is 4.57 Å². The van der Waals surface area contributed by atoms with E-state index in [0.29, 0.717) is 10.9 Å². The Morgan fingerprint density at radius 3 is 2.75 bits per heavy atom. The highest BCUT2D eigenvalue weighted by atomic mass is 16.4. The van der Waals surface area contributed by atoms with E-state index in [-0.39, 0.29) is 6.04 Å². The lowest BCUT2D eigenvalue weighted by molar-refractivity contribution is 0.418. The molecular weight excluding hydrogens is 206 g/mol. The van der Waals surface area contributed by atoms with Gasteiger partial charge in [-0.3, -0.25) is 4.57 Å². The maximum absolute atomic E-state index is 11.6. The molecule has 3 rings (SSSR count). The summed E-state index contributed by atoms with van der Waals surface area (Å²) < 4.78 is 6.32. The number of nitrogens with zero attached hydrogens (tertiary/aromatic N) is 1. The van der Waals surface area contributed by atoms with Crippen LogP contribution in [0.4, 0.5) is 0 Å². The summed E-state index contributed by atoms with van der Waals surface area (Å²) in [5.74, 6) is -0.538. The molecule has 4 heteroatoms. The lowest BCUT2D eigenvalue weighted by Crippen LogP contribution is -2.24. The van der Waals surface area contributed by atoms with Crippen LogP contribution in [0.25, 0.3) is 10.9 Å². The third-order valence-electron chi connectivity index (χ3n) is 2.92. The molecule has 0 unspecified atom stereocenters. The van der Waals surface area contributed by atoms with Crippen molar-refractivity contribution in [1.82, 2.24) is 4.57 Å². The quantitative estimate of drug-likeness (QED) is 0.729. The fraction of sp³-hybridized carbons (Fsp3) is 0.333. The largest absolute Gasteiger partial charge is 0.422 e. The van der Waals surface area contributed by atoms with Crippen molar-refractivity contribution in [2.75, 3.05) is 0 Å². The maximum Gasteiger partial charge on any atom is 0.422 e. The van der Waals surface area contributed by atoms with Crippen molar-refractivity contribution in [3.05, 3.63) is 44.7 Å². The fourth-order valence-electron chi connectivity index (χ4n) is 1.98. The Hall–Kier alpha value is -1.84. The van der Waals surface area contributed by atoms with E-state index in [2.05, 4.69) is 0 Å². The smallest absolute Gasteiger partial charge is 0.372 e. The summed E-state index contributed by atoms with van der Waals surface area (Å²) >= 11 is 0. The zero-order chi connectivity index (χ0) is 11.3. The maximum atomic E-state index is 11.6. The summed E-state index contributed by atoms with van der Waals surface area (Å²) in [6.45, 7) is 1.91. The van der Waals surface area contributed by atoms with Crippen molar-refractivity contribution in [2.24, 2.45) is 0 Å². The third-order valence-corrected chi connectivity index (χ3v) is 2.92. The Morgan fingerprint density at radius 1 is 1.31 bits per heavy atom. The predicted octanol–water partition coefficient (Wildman–Crippen LogP) is 1.60. The number of rotatable bonds is 1. The summed E-state index contributed by atoms with van der Waals surface area (Å²) in [4.78, 5) is 23.2. The summed E-state index contributed by atoms with van der Waals surface area (Å²) in [5, 5.41) is 0.492. The molecule has 0 atom stereocenters. The number of aromatic nitrogens is 1. The highest BCUT2D eigenvalue weighted by Gasteiger charge is 2.27. The number of fused-ring (bicyclic) bond motifs is 1. The Kier molecular flexibility index (Phi) is 1.80. The van der Waals surface area contributed by atoms with Gasteiger partial charge in [0.2, 0.25) is 0 Å². The van der Waals surface area contributed by atoms with Crippen LogP contribution in [-0.2, 0) is 0 Å². The molecule has 0 bridgehead atoms. The lowest BCUT2D eigenvalue weighted by atomic mass is 10.2. The van der Waals surface area contributed by atoms with Crippen LogP contribution in [0.2, 0.25) is 0 Å². The molecule has 1 saturated carbocycles. The van der Waals surface area contributed by atoms with Gasteiger partial charge in [-0.1, -0.05) is 11.6 Å². The Labute approximate surface area is 91.1 Å². The standard InChI is InChI=1S/C12H11NO3/c1-7-2-5-10-9(6-7)11(14)16-12(15)13(10)8-3-4-8/h2,5-6,8H,3-4H2,1H3. The van der Waals surface area contributed by atoms with Crippen molar-refractivity contribution in [2.45, 2.75) is 25.8 Å². The van der Waals surface area contributed by atoms with Gasteiger partial charge in [0.05, 0.1) is 10.9 Å². The summed E-state index contributed by atoms with van der Waals surface area (Å²) in [7, 11) is 0. The second-order valence-electron chi connectivity index (χ2n) is 4.28. The van der Waals surface area contributed by atoms with Crippen LogP contribution in [0.1, 0.15) is 24.4 Å². The van der Waals surface area contributed by atoms with Gasteiger partial charge < -0.3 is 4.42 Å². The summed E-state index contributed by atoms with van der Waals surface area (Å²) in [6, 6.07) is 5.70. The fourth-order valence-corrected chi connectivity index (χ4v) is 1.98. The van der Waals surface area contributed by atoms with Crippen molar-refractivity contribution >= 4 is 10.9 Å². The minimum atomic E-state index is -0.541.